The molecule has 1 aliphatic heterocycles. The molecule has 1 fully saturated rings. The molecule has 9 nitrogen and oxygen atoms in total. The monoisotopic (exact) mass is 604 g/mol. The summed E-state index contributed by atoms with van der Waals surface area (Å²) < 4.78 is 42.4. The van der Waals surface area contributed by atoms with E-state index in [1.165, 1.54) is 31.4 Å². The van der Waals surface area contributed by atoms with E-state index in [4.69, 9.17) is 21.1 Å². The van der Waals surface area contributed by atoms with Crippen LogP contribution in [0.5, 0.6) is 5.75 Å². The fourth-order valence-electron chi connectivity index (χ4n) is 4.73. The molecule has 0 aromatic heterocycles. The van der Waals surface area contributed by atoms with E-state index in [1.54, 1.807) is 18.2 Å². The molecule has 1 aliphatic rings. The van der Waals surface area contributed by atoms with Crippen molar-refractivity contribution in [3.8, 4) is 5.75 Å². The first-order valence-corrected chi connectivity index (χ1v) is 15.1. The van der Waals surface area contributed by atoms with E-state index in [0.717, 1.165) is 16.9 Å². The van der Waals surface area contributed by atoms with Gasteiger partial charge in [-0.25, -0.2) is 8.42 Å². The number of ether oxygens (including phenoxy) is 3. The van der Waals surface area contributed by atoms with E-state index in [-0.39, 0.29) is 11.3 Å². The Morgan fingerprint density at radius 3 is 2.22 bits per heavy atom. The van der Waals surface area contributed by atoms with Gasteiger partial charge in [0.05, 0.1) is 30.8 Å². The summed E-state index contributed by atoms with van der Waals surface area (Å²) in [5.41, 5.74) is 2.76. The Hall–Kier alpha value is -2.99. The third kappa shape index (κ3) is 7.45. The van der Waals surface area contributed by atoms with Crippen molar-refractivity contribution in [1.29, 1.82) is 0 Å². The summed E-state index contributed by atoms with van der Waals surface area (Å²) in [5, 5.41) is 32.5. The minimum atomic E-state index is -3.98. The summed E-state index contributed by atoms with van der Waals surface area (Å²) in [5.74, 6) is -0.347. The van der Waals surface area contributed by atoms with E-state index in [2.05, 4.69) is 4.74 Å². The lowest BCUT2D eigenvalue weighted by Gasteiger charge is -2.41. The molecule has 0 radical (unpaired) electrons. The van der Waals surface area contributed by atoms with Gasteiger partial charge in [-0.2, -0.15) is 0 Å². The molecule has 5 atom stereocenters. The Kier molecular flexibility index (Phi) is 10.1. The summed E-state index contributed by atoms with van der Waals surface area (Å²) in [4.78, 5) is 11.5. The predicted molar refractivity (Wildman–Crippen MR) is 152 cm³/mol. The van der Waals surface area contributed by atoms with Gasteiger partial charge in [0.1, 0.15) is 36.3 Å². The van der Waals surface area contributed by atoms with Gasteiger partial charge in [0.15, 0.2) is 9.84 Å². The number of hydrogen-bond acceptors (Lipinski definition) is 9. The molecule has 3 N–H and O–H groups in total. The van der Waals surface area contributed by atoms with Gasteiger partial charge in [-0.15, -0.1) is 0 Å². The normalized spacial score (nSPS) is 22.7. The highest BCUT2D eigenvalue weighted by atomic mass is 35.5. The van der Waals surface area contributed by atoms with Crippen LogP contribution >= 0.6 is 11.6 Å². The molecule has 220 valence electrons. The lowest BCUT2D eigenvalue weighted by Crippen LogP contribution is -2.56. The number of hydrogen-bond donors (Lipinski definition) is 3. The number of methoxy groups -OCH3 is 1. The summed E-state index contributed by atoms with van der Waals surface area (Å²) in [6.45, 7) is 2.46. The van der Waals surface area contributed by atoms with Crippen LogP contribution in [0, 0.1) is 0 Å². The average molecular weight is 605 g/mol. The zero-order valence-corrected chi connectivity index (χ0v) is 24.2. The molecule has 11 heteroatoms. The molecule has 3 aromatic carbocycles. The van der Waals surface area contributed by atoms with E-state index in [0.29, 0.717) is 29.2 Å². The van der Waals surface area contributed by atoms with Crippen LogP contribution in [0.2, 0.25) is 5.02 Å². The molecule has 0 bridgehead atoms. The highest BCUT2D eigenvalue weighted by molar-refractivity contribution is 7.91. The van der Waals surface area contributed by atoms with Gasteiger partial charge in [0.2, 0.25) is 0 Å². The van der Waals surface area contributed by atoms with Crippen LogP contribution in [-0.2, 0) is 36.9 Å². The molecule has 0 amide bonds. The van der Waals surface area contributed by atoms with E-state index in [9.17, 15) is 28.5 Å². The Morgan fingerprint density at radius 2 is 1.59 bits per heavy atom. The SMILES string of the molecule is CCOc1ccc(Cc2cc([C@@H]3O[C@H](CS(=O)(=O)c4ccc(CC(=O)OC)cc4)[C@@H](O)[C@H](O)[C@H]3O)ccc2Cl)cc1. The molecule has 0 unspecified atom stereocenters. The molecular weight excluding hydrogens is 572 g/mol. The average Bonchev–Trinajstić information content (AvgIpc) is 2.96. The number of esters is 1. The number of carbonyl (C=O) groups is 1. The molecule has 41 heavy (non-hydrogen) atoms. The number of sulfone groups is 1. The highest BCUT2D eigenvalue weighted by Gasteiger charge is 2.46. The van der Waals surface area contributed by atoms with Crippen LogP contribution in [0.25, 0.3) is 0 Å². The van der Waals surface area contributed by atoms with E-state index in [1.807, 2.05) is 31.2 Å². The lowest BCUT2D eigenvalue weighted by molar-refractivity contribution is -0.218. The van der Waals surface area contributed by atoms with Crippen molar-refractivity contribution in [1.82, 2.24) is 0 Å². The van der Waals surface area contributed by atoms with Gasteiger partial charge >= 0.3 is 5.97 Å². The number of rotatable bonds is 10. The highest BCUT2D eigenvalue weighted by Crippen LogP contribution is 2.35. The summed E-state index contributed by atoms with van der Waals surface area (Å²) in [7, 11) is -2.71. The van der Waals surface area contributed by atoms with Crippen LogP contribution in [0.3, 0.4) is 0 Å². The van der Waals surface area contributed by atoms with Gasteiger partial charge in [0.25, 0.3) is 0 Å². The fraction of sp³-hybridized carbons (Fsp3) is 0.367. The summed E-state index contributed by atoms with van der Waals surface area (Å²) >= 11 is 6.46. The zero-order valence-electron chi connectivity index (χ0n) is 22.6. The van der Waals surface area contributed by atoms with Gasteiger partial charge < -0.3 is 29.5 Å². The fourth-order valence-corrected chi connectivity index (χ4v) is 6.36. The number of carbonyl (C=O) groups excluding carboxylic acids is 1. The van der Waals surface area contributed by atoms with Gasteiger partial charge in [-0.05, 0) is 65.9 Å². The first kappa shape index (κ1) is 31.0. The van der Waals surface area contributed by atoms with Crippen molar-refractivity contribution in [3.05, 3.63) is 94.0 Å². The van der Waals surface area contributed by atoms with Crippen LogP contribution in [0.4, 0.5) is 0 Å². The second kappa shape index (κ2) is 13.3. The molecular formula is C30H33ClO9S. The second-order valence-electron chi connectivity index (χ2n) is 9.85. The van der Waals surface area contributed by atoms with Crippen molar-refractivity contribution in [2.45, 2.75) is 55.2 Å². The zero-order chi connectivity index (χ0) is 29.7. The maximum atomic E-state index is 13.2. The first-order chi connectivity index (χ1) is 19.5. The van der Waals surface area contributed by atoms with Gasteiger partial charge in [-0.1, -0.05) is 48.0 Å². The van der Waals surface area contributed by atoms with Gasteiger partial charge in [-0.3, -0.25) is 4.79 Å². The van der Waals surface area contributed by atoms with Crippen LogP contribution in [0.1, 0.15) is 35.3 Å². The smallest absolute Gasteiger partial charge is 0.309 e. The quantitative estimate of drug-likeness (QED) is 0.298. The molecule has 0 aliphatic carbocycles. The van der Waals surface area contributed by atoms with Crippen molar-refractivity contribution in [2.24, 2.45) is 0 Å². The van der Waals surface area contributed by atoms with Crippen molar-refractivity contribution in [2.75, 3.05) is 19.5 Å². The van der Waals surface area contributed by atoms with Gasteiger partial charge in [0, 0.05) is 5.02 Å². The number of halogens is 1. The Bertz CT molecular complexity index is 1440. The Labute approximate surface area is 244 Å². The summed E-state index contributed by atoms with van der Waals surface area (Å²) in [6, 6.07) is 18.3. The Morgan fingerprint density at radius 1 is 0.927 bits per heavy atom. The van der Waals surface area contributed by atoms with E-state index < -0.39 is 52.1 Å². The van der Waals surface area contributed by atoms with Crippen molar-refractivity contribution < 1.29 is 42.7 Å². The molecule has 3 aromatic rings. The molecule has 0 saturated carbocycles. The van der Waals surface area contributed by atoms with Crippen molar-refractivity contribution >= 4 is 27.4 Å². The summed E-state index contributed by atoms with van der Waals surface area (Å²) in [6.07, 6.45) is -6.80. The molecule has 0 spiro atoms. The number of aliphatic hydroxyl groups excluding tert-OH is 3. The third-order valence-electron chi connectivity index (χ3n) is 6.98. The van der Waals surface area contributed by atoms with Crippen LogP contribution < -0.4 is 4.74 Å². The third-order valence-corrected chi connectivity index (χ3v) is 9.11. The minimum absolute atomic E-state index is 0.00526. The minimum Gasteiger partial charge on any atom is -0.494 e. The van der Waals surface area contributed by atoms with Crippen LogP contribution in [-0.4, -0.2) is 73.6 Å². The lowest BCUT2D eigenvalue weighted by atomic mass is 9.90. The standard InChI is InChI=1S/C30H33ClO9S/c1-3-39-22-9-4-18(5-10-22)14-21-16-20(8-13-24(21)31)30-29(35)28(34)27(33)25(40-30)17-41(36,37)23-11-6-19(7-12-23)15-26(32)38-2/h4-13,16,25,27-30,33-35H,3,14-15,17H2,1-2H3/t25-,27-,28+,29-,30+/m1/s1. The second-order valence-corrected chi connectivity index (χ2v) is 12.3. The van der Waals surface area contributed by atoms with Crippen LogP contribution in [0.15, 0.2) is 71.6 Å². The topological polar surface area (TPSA) is 140 Å². The molecule has 4 rings (SSSR count). The first-order valence-electron chi connectivity index (χ1n) is 13.1. The number of aliphatic hydroxyl groups is 3. The number of benzene rings is 3. The van der Waals surface area contributed by atoms with Crippen molar-refractivity contribution in [3.63, 3.8) is 0 Å². The predicted octanol–water partition coefficient (Wildman–Crippen LogP) is 3.04. The van der Waals surface area contributed by atoms with E-state index >= 15 is 0 Å². The maximum Gasteiger partial charge on any atom is 0.309 e. The molecule has 1 saturated heterocycles. The molecule has 1 heterocycles. The largest absolute Gasteiger partial charge is 0.494 e. The Balaban J connectivity index is 1.53. The maximum absolute atomic E-state index is 13.2.